The number of nitrogens with one attached hydrogen (secondary N) is 1. The molecule has 9 heteroatoms. The highest BCUT2D eigenvalue weighted by Crippen LogP contribution is 2.27. The van der Waals surface area contributed by atoms with E-state index in [4.69, 9.17) is 14.2 Å². The normalized spacial score (nSPS) is 11.2. The van der Waals surface area contributed by atoms with E-state index in [-0.39, 0.29) is 10.6 Å². The third-order valence-electron chi connectivity index (χ3n) is 3.19. The number of hydrazone groups is 1. The lowest BCUT2D eigenvalue weighted by Gasteiger charge is -2.10. The molecular weight excluding hydrogens is 360 g/mol. The molecule has 2 aromatic rings. The fourth-order valence-corrected chi connectivity index (χ4v) is 2.98. The van der Waals surface area contributed by atoms with Crippen LogP contribution in [0.2, 0.25) is 0 Å². The monoisotopic (exact) mass is 378 g/mol. The average molecular weight is 378 g/mol. The van der Waals surface area contributed by atoms with E-state index in [2.05, 4.69) is 9.93 Å². The van der Waals surface area contributed by atoms with Crippen LogP contribution in [0.15, 0.2) is 52.5 Å². The topological polar surface area (TPSA) is 103 Å². The maximum Gasteiger partial charge on any atom is 0.308 e. The van der Waals surface area contributed by atoms with E-state index in [0.29, 0.717) is 17.1 Å². The smallest absolute Gasteiger partial charge is 0.308 e. The van der Waals surface area contributed by atoms with Crippen molar-refractivity contribution in [3.05, 3.63) is 48.0 Å². The third-order valence-corrected chi connectivity index (χ3v) is 4.43. The van der Waals surface area contributed by atoms with Gasteiger partial charge >= 0.3 is 5.97 Å². The van der Waals surface area contributed by atoms with Crippen molar-refractivity contribution in [2.24, 2.45) is 5.10 Å². The van der Waals surface area contributed by atoms with Crippen molar-refractivity contribution in [1.29, 1.82) is 0 Å². The van der Waals surface area contributed by atoms with Crippen LogP contribution < -0.4 is 19.0 Å². The van der Waals surface area contributed by atoms with Crippen LogP contribution in [0, 0.1) is 0 Å². The Bertz CT molecular complexity index is 907. The molecule has 2 rings (SSSR count). The van der Waals surface area contributed by atoms with Crippen molar-refractivity contribution < 1.29 is 27.4 Å². The van der Waals surface area contributed by atoms with Crippen molar-refractivity contribution in [2.45, 2.75) is 11.8 Å². The molecule has 0 aliphatic heterocycles. The van der Waals surface area contributed by atoms with Crippen LogP contribution in [0.1, 0.15) is 12.5 Å². The predicted molar refractivity (Wildman–Crippen MR) is 95.2 cm³/mol. The molecule has 0 unspecified atom stereocenters. The summed E-state index contributed by atoms with van der Waals surface area (Å²) in [7, 11) is -1.15. The first-order valence-corrected chi connectivity index (χ1v) is 8.89. The minimum atomic E-state index is -3.95. The summed E-state index contributed by atoms with van der Waals surface area (Å²) < 4.78 is 39.9. The molecule has 0 aliphatic carbocycles. The highest BCUT2D eigenvalue weighted by molar-refractivity contribution is 7.89. The quantitative estimate of drug-likeness (QED) is 0.342. The zero-order valence-electron chi connectivity index (χ0n) is 14.4. The number of methoxy groups -OCH3 is 2. The number of carbonyl (C=O) groups excluding carboxylic acids is 1. The molecule has 26 heavy (non-hydrogen) atoms. The van der Waals surface area contributed by atoms with Crippen LogP contribution in [0.3, 0.4) is 0 Å². The Kier molecular flexibility index (Phi) is 6.18. The molecule has 0 amide bonds. The number of ether oxygens (including phenoxy) is 3. The summed E-state index contributed by atoms with van der Waals surface area (Å²) in [5.74, 6) is 0.498. The molecule has 0 spiro atoms. The summed E-state index contributed by atoms with van der Waals surface area (Å²) >= 11 is 0. The minimum absolute atomic E-state index is 0.0956. The maximum absolute atomic E-state index is 12.4. The first-order chi connectivity index (χ1) is 12.4. The van der Waals surface area contributed by atoms with Crippen LogP contribution in [0.5, 0.6) is 17.2 Å². The van der Waals surface area contributed by atoms with Crippen LogP contribution in [0.4, 0.5) is 0 Å². The Morgan fingerprint density at radius 2 is 1.69 bits per heavy atom. The van der Waals surface area contributed by atoms with Crippen molar-refractivity contribution in [1.82, 2.24) is 4.83 Å². The predicted octanol–water partition coefficient (Wildman–Crippen LogP) is 1.94. The van der Waals surface area contributed by atoms with E-state index in [1.807, 2.05) is 0 Å². The molecule has 0 saturated carbocycles. The Labute approximate surface area is 151 Å². The van der Waals surface area contributed by atoms with E-state index < -0.39 is 16.0 Å². The Morgan fingerprint density at radius 3 is 2.27 bits per heavy atom. The van der Waals surface area contributed by atoms with Gasteiger partial charge in [0.05, 0.1) is 20.4 Å². The van der Waals surface area contributed by atoms with Gasteiger partial charge in [-0.3, -0.25) is 4.79 Å². The lowest BCUT2D eigenvalue weighted by atomic mass is 10.2. The molecule has 0 heterocycles. The summed E-state index contributed by atoms with van der Waals surface area (Å²) in [6, 6.07) is 10.8. The van der Waals surface area contributed by atoms with E-state index in [1.54, 1.807) is 30.3 Å². The standard InChI is InChI=1S/C17H18N2O6S/c1-12(20)25-14-6-4-13(5-7-14)11-18-19-26(21,22)17-10-15(23-2)8-9-16(17)24-3/h4-11,19H,1-3H3/b18-11+. The largest absolute Gasteiger partial charge is 0.497 e. The van der Waals surface area contributed by atoms with Gasteiger partial charge in [0.2, 0.25) is 0 Å². The second kappa shape index (κ2) is 8.34. The Balaban J connectivity index is 2.15. The number of sulfonamides is 1. The van der Waals surface area contributed by atoms with Gasteiger partial charge in [0, 0.05) is 13.0 Å². The highest BCUT2D eigenvalue weighted by atomic mass is 32.2. The molecule has 0 aliphatic rings. The SMILES string of the molecule is COc1ccc(OC)c(S(=O)(=O)N/N=C/c2ccc(OC(C)=O)cc2)c1. The van der Waals surface area contributed by atoms with Crippen LogP contribution >= 0.6 is 0 Å². The van der Waals surface area contributed by atoms with Crippen LogP contribution in [0.25, 0.3) is 0 Å². The highest BCUT2D eigenvalue weighted by Gasteiger charge is 2.19. The van der Waals surface area contributed by atoms with Gasteiger partial charge < -0.3 is 14.2 Å². The maximum atomic E-state index is 12.4. The van der Waals surface area contributed by atoms with Gasteiger partial charge in [-0.25, -0.2) is 0 Å². The van der Waals surface area contributed by atoms with E-state index >= 15 is 0 Å². The average Bonchev–Trinajstić information content (AvgIpc) is 2.62. The molecule has 8 nitrogen and oxygen atoms in total. The van der Waals surface area contributed by atoms with Crippen molar-refractivity contribution in [3.63, 3.8) is 0 Å². The second-order valence-electron chi connectivity index (χ2n) is 5.03. The second-order valence-corrected chi connectivity index (χ2v) is 6.66. The molecule has 0 bridgehead atoms. The van der Waals surface area contributed by atoms with Gasteiger partial charge in [0.25, 0.3) is 10.0 Å². The number of carbonyl (C=O) groups is 1. The molecule has 0 radical (unpaired) electrons. The van der Waals surface area contributed by atoms with E-state index in [1.165, 1.54) is 39.5 Å². The summed E-state index contributed by atoms with van der Waals surface area (Å²) in [6.07, 6.45) is 1.32. The molecule has 2 aromatic carbocycles. The van der Waals surface area contributed by atoms with Gasteiger partial charge in [-0.15, -0.1) is 0 Å². The molecule has 1 N–H and O–H groups in total. The zero-order chi connectivity index (χ0) is 19.2. The molecule has 0 aromatic heterocycles. The lowest BCUT2D eigenvalue weighted by molar-refractivity contribution is -0.131. The first-order valence-electron chi connectivity index (χ1n) is 7.41. The number of hydrogen-bond donors (Lipinski definition) is 1. The fourth-order valence-electron chi connectivity index (χ4n) is 2.00. The first kappa shape index (κ1) is 19.3. The molecule has 0 saturated heterocycles. The summed E-state index contributed by atoms with van der Waals surface area (Å²) in [5.41, 5.74) is 0.612. The van der Waals surface area contributed by atoms with Gasteiger partial charge in [0.15, 0.2) is 0 Å². The Morgan fingerprint density at radius 1 is 1.04 bits per heavy atom. The number of benzene rings is 2. The summed E-state index contributed by atoms with van der Waals surface area (Å²) in [4.78, 5) is 12.9. The number of rotatable bonds is 7. The molecule has 0 fully saturated rings. The van der Waals surface area contributed by atoms with Crippen LogP contribution in [-0.2, 0) is 14.8 Å². The van der Waals surface area contributed by atoms with Gasteiger partial charge in [-0.05, 0) is 42.0 Å². The summed E-state index contributed by atoms with van der Waals surface area (Å²) in [6.45, 7) is 1.30. The van der Waals surface area contributed by atoms with E-state index in [9.17, 15) is 13.2 Å². The van der Waals surface area contributed by atoms with Crippen LogP contribution in [-0.4, -0.2) is 34.8 Å². The zero-order valence-corrected chi connectivity index (χ0v) is 15.2. The van der Waals surface area contributed by atoms with Gasteiger partial charge in [-0.2, -0.15) is 18.4 Å². The van der Waals surface area contributed by atoms with Gasteiger partial charge in [-0.1, -0.05) is 0 Å². The van der Waals surface area contributed by atoms with Crippen molar-refractivity contribution in [2.75, 3.05) is 14.2 Å². The number of hydrogen-bond acceptors (Lipinski definition) is 7. The molecular formula is C17H18N2O6S. The third kappa shape index (κ3) is 4.96. The number of esters is 1. The molecule has 0 atom stereocenters. The molecule has 138 valence electrons. The fraction of sp³-hybridized carbons (Fsp3) is 0.176. The lowest BCUT2D eigenvalue weighted by Crippen LogP contribution is -2.19. The van der Waals surface area contributed by atoms with Gasteiger partial charge in [0.1, 0.15) is 22.1 Å². The summed E-state index contributed by atoms with van der Waals surface area (Å²) in [5, 5.41) is 3.74. The van der Waals surface area contributed by atoms with Crippen molar-refractivity contribution >= 4 is 22.2 Å². The Hall–Kier alpha value is -3.07. The minimum Gasteiger partial charge on any atom is -0.497 e. The van der Waals surface area contributed by atoms with Crippen molar-refractivity contribution in [3.8, 4) is 17.2 Å². The van der Waals surface area contributed by atoms with E-state index in [0.717, 1.165) is 0 Å². The number of nitrogens with zero attached hydrogens (tertiary/aromatic N) is 1.